The smallest absolute Gasteiger partial charge is 0.184 e. The Hall–Kier alpha value is -1.62. The lowest BCUT2D eigenvalue weighted by atomic mass is 10.2. The molecule has 4 nitrogen and oxygen atoms in total. The number of hydrogen-bond donors (Lipinski definition) is 2. The highest BCUT2D eigenvalue weighted by molar-refractivity contribution is 7.80. The van der Waals surface area contributed by atoms with Crippen LogP contribution in [0.2, 0.25) is 0 Å². The minimum absolute atomic E-state index is 0.155. The summed E-state index contributed by atoms with van der Waals surface area (Å²) in [5.74, 6) is 0.880. The van der Waals surface area contributed by atoms with Gasteiger partial charge in [-0.25, -0.2) is 0 Å². The van der Waals surface area contributed by atoms with E-state index in [1.807, 2.05) is 24.3 Å². The van der Waals surface area contributed by atoms with Crippen LogP contribution < -0.4 is 15.9 Å². The SMILES string of the molecule is CCCCCOc1ccc(/C=N\NC(N)=S)cc1. The van der Waals surface area contributed by atoms with Crippen LogP contribution >= 0.6 is 12.2 Å². The summed E-state index contributed by atoms with van der Waals surface area (Å²) >= 11 is 4.63. The number of unbranched alkanes of at least 4 members (excludes halogenated alkanes) is 2. The second-order valence-electron chi connectivity index (χ2n) is 3.86. The fraction of sp³-hybridized carbons (Fsp3) is 0.385. The highest BCUT2D eigenvalue weighted by Crippen LogP contribution is 2.11. The third-order valence-electron chi connectivity index (χ3n) is 2.29. The first-order valence-electron chi connectivity index (χ1n) is 6.03. The number of thiocarbonyl (C=S) groups is 1. The van der Waals surface area contributed by atoms with Gasteiger partial charge in [0.05, 0.1) is 12.8 Å². The molecular formula is C13H19N3OS. The number of rotatable bonds is 7. The van der Waals surface area contributed by atoms with E-state index in [-0.39, 0.29) is 5.11 Å². The Morgan fingerprint density at radius 1 is 1.39 bits per heavy atom. The summed E-state index contributed by atoms with van der Waals surface area (Å²) in [5, 5.41) is 4.03. The summed E-state index contributed by atoms with van der Waals surface area (Å²) in [5.41, 5.74) is 8.71. The van der Waals surface area contributed by atoms with Gasteiger partial charge >= 0.3 is 0 Å². The first kappa shape index (κ1) is 14.4. The van der Waals surface area contributed by atoms with E-state index in [9.17, 15) is 0 Å². The largest absolute Gasteiger partial charge is 0.494 e. The fourth-order valence-corrected chi connectivity index (χ4v) is 1.42. The van der Waals surface area contributed by atoms with Crippen LogP contribution in [0.3, 0.4) is 0 Å². The van der Waals surface area contributed by atoms with Crippen LogP contribution in [0.4, 0.5) is 0 Å². The molecule has 0 atom stereocenters. The maximum Gasteiger partial charge on any atom is 0.184 e. The Kier molecular flexibility index (Phi) is 6.79. The van der Waals surface area contributed by atoms with Crippen molar-refractivity contribution in [1.29, 1.82) is 0 Å². The van der Waals surface area contributed by atoms with Crippen molar-refractivity contribution in [2.45, 2.75) is 26.2 Å². The zero-order chi connectivity index (χ0) is 13.2. The van der Waals surface area contributed by atoms with Crippen molar-refractivity contribution in [3.05, 3.63) is 29.8 Å². The average molecular weight is 265 g/mol. The predicted molar refractivity (Wildman–Crippen MR) is 79.0 cm³/mol. The summed E-state index contributed by atoms with van der Waals surface area (Å²) in [7, 11) is 0. The normalized spacial score (nSPS) is 10.5. The monoisotopic (exact) mass is 265 g/mol. The molecule has 1 rings (SSSR count). The van der Waals surface area contributed by atoms with Crippen LogP contribution in [0, 0.1) is 0 Å². The number of ether oxygens (including phenoxy) is 1. The fourth-order valence-electron chi connectivity index (χ4n) is 1.36. The summed E-state index contributed by atoms with van der Waals surface area (Å²) < 4.78 is 5.60. The Morgan fingerprint density at radius 3 is 2.72 bits per heavy atom. The molecule has 18 heavy (non-hydrogen) atoms. The standard InChI is InChI=1S/C13H19N3OS/c1-2-3-4-9-17-12-7-5-11(6-8-12)10-15-16-13(14)18/h5-8,10H,2-4,9H2,1H3,(H3,14,16,18)/b15-10-. The molecule has 0 saturated heterocycles. The Bertz CT molecular complexity index is 390. The van der Waals surface area contributed by atoms with E-state index in [0.29, 0.717) is 0 Å². The lowest BCUT2D eigenvalue weighted by Gasteiger charge is -2.05. The summed E-state index contributed by atoms with van der Waals surface area (Å²) in [6, 6.07) is 7.71. The van der Waals surface area contributed by atoms with Gasteiger partial charge in [0, 0.05) is 0 Å². The molecule has 0 saturated carbocycles. The van der Waals surface area contributed by atoms with E-state index in [1.54, 1.807) is 6.21 Å². The molecule has 0 bridgehead atoms. The summed E-state index contributed by atoms with van der Waals surface area (Å²) in [4.78, 5) is 0. The molecule has 0 fully saturated rings. The van der Waals surface area contributed by atoms with Gasteiger partial charge < -0.3 is 10.5 Å². The van der Waals surface area contributed by atoms with Crippen molar-refractivity contribution in [2.24, 2.45) is 10.8 Å². The quantitative estimate of drug-likeness (QED) is 0.344. The van der Waals surface area contributed by atoms with Gasteiger partial charge in [0.15, 0.2) is 5.11 Å². The van der Waals surface area contributed by atoms with Crippen molar-refractivity contribution in [3.8, 4) is 5.75 Å². The van der Waals surface area contributed by atoms with Crippen molar-refractivity contribution in [2.75, 3.05) is 6.61 Å². The first-order chi connectivity index (χ1) is 8.72. The van der Waals surface area contributed by atoms with Gasteiger partial charge in [-0.15, -0.1) is 0 Å². The molecule has 5 heteroatoms. The van der Waals surface area contributed by atoms with Gasteiger partial charge in [-0.1, -0.05) is 19.8 Å². The molecule has 0 aliphatic heterocycles. The minimum atomic E-state index is 0.155. The third kappa shape index (κ3) is 6.20. The zero-order valence-electron chi connectivity index (χ0n) is 10.6. The van der Waals surface area contributed by atoms with E-state index in [2.05, 4.69) is 29.7 Å². The lowest BCUT2D eigenvalue weighted by molar-refractivity contribution is 0.306. The van der Waals surface area contributed by atoms with Gasteiger partial charge in [0.25, 0.3) is 0 Å². The number of hydrazone groups is 1. The molecule has 1 aromatic carbocycles. The molecule has 0 aliphatic carbocycles. The molecule has 0 unspecified atom stereocenters. The van der Waals surface area contributed by atoms with Crippen LogP contribution in [-0.4, -0.2) is 17.9 Å². The molecule has 0 spiro atoms. The minimum Gasteiger partial charge on any atom is -0.494 e. The van der Waals surface area contributed by atoms with E-state index in [0.717, 1.165) is 24.3 Å². The van der Waals surface area contributed by atoms with E-state index < -0.39 is 0 Å². The lowest BCUT2D eigenvalue weighted by Crippen LogP contribution is -2.23. The third-order valence-corrected chi connectivity index (χ3v) is 2.38. The summed E-state index contributed by atoms with van der Waals surface area (Å²) in [6.07, 6.45) is 5.15. The number of benzene rings is 1. The summed E-state index contributed by atoms with van der Waals surface area (Å²) in [6.45, 7) is 2.94. The van der Waals surface area contributed by atoms with Gasteiger partial charge in [0.1, 0.15) is 5.75 Å². The highest BCUT2D eigenvalue weighted by atomic mass is 32.1. The molecule has 0 aromatic heterocycles. The first-order valence-corrected chi connectivity index (χ1v) is 6.44. The second-order valence-corrected chi connectivity index (χ2v) is 4.30. The number of hydrogen-bond acceptors (Lipinski definition) is 3. The molecular weight excluding hydrogens is 246 g/mol. The van der Waals surface area contributed by atoms with E-state index in [4.69, 9.17) is 10.5 Å². The van der Waals surface area contributed by atoms with Crippen LogP contribution in [0.25, 0.3) is 0 Å². The topological polar surface area (TPSA) is 59.6 Å². The molecule has 0 aliphatic rings. The maximum atomic E-state index is 5.60. The van der Waals surface area contributed by atoms with Gasteiger partial charge in [0.2, 0.25) is 0 Å². The molecule has 0 radical (unpaired) electrons. The number of nitrogens with zero attached hydrogens (tertiary/aromatic N) is 1. The number of nitrogens with one attached hydrogen (secondary N) is 1. The van der Waals surface area contributed by atoms with Crippen LogP contribution in [0.1, 0.15) is 31.7 Å². The average Bonchev–Trinajstić information content (AvgIpc) is 2.36. The maximum absolute atomic E-state index is 5.60. The Morgan fingerprint density at radius 2 is 2.11 bits per heavy atom. The van der Waals surface area contributed by atoms with E-state index >= 15 is 0 Å². The van der Waals surface area contributed by atoms with Gasteiger partial charge in [-0.2, -0.15) is 5.10 Å². The van der Waals surface area contributed by atoms with E-state index in [1.165, 1.54) is 12.8 Å². The van der Waals surface area contributed by atoms with Crippen molar-refractivity contribution in [3.63, 3.8) is 0 Å². The molecule has 0 heterocycles. The van der Waals surface area contributed by atoms with Crippen molar-refractivity contribution in [1.82, 2.24) is 5.43 Å². The van der Waals surface area contributed by atoms with Crippen LogP contribution in [-0.2, 0) is 0 Å². The van der Waals surface area contributed by atoms with Crippen molar-refractivity contribution < 1.29 is 4.74 Å². The molecule has 1 aromatic rings. The van der Waals surface area contributed by atoms with Crippen molar-refractivity contribution >= 4 is 23.5 Å². The second kappa shape index (κ2) is 8.47. The molecule has 3 N–H and O–H groups in total. The Labute approximate surface area is 113 Å². The number of nitrogens with two attached hydrogens (primary N) is 1. The van der Waals surface area contributed by atoms with Crippen LogP contribution in [0.5, 0.6) is 5.75 Å². The highest BCUT2D eigenvalue weighted by Gasteiger charge is 1.94. The van der Waals surface area contributed by atoms with Crippen LogP contribution in [0.15, 0.2) is 29.4 Å². The zero-order valence-corrected chi connectivity index (χ0v) is 11.4. The molecule has 98 valence electrons. The Balaban J connectivity index is 2.37. The molecule has 0 amide bonds. The van der Waals surface area contributed by atoms with Gasteiger partial charge in [-0.3, -0.25) is 5.43 Å². The predicted octanol–water partition coefficient (Wildman–Crippen LogP) is 2.42. The van der Waals surface area contributed by atoms with Gasteiger partial charge in [-0.05, 0) is 48.5 Å².